The van der Waals surface area contributed by atoms with Crippen molar-refractivity contribution in [2.24, 2.45) is 0 Å². The number of aryl methyl sites for hydroxylation is 1. The SMILES string of the molecule is CC(=O)Nc1ccc(-c2ccc3[nH]c(=O)cc(C)c3c2)cc1. The van der Waals surface area contributed by atoms with Gasteiger partial charge in [0.15, 0.2) is 0 Å². The van der Waals surface area contributed by atoms with Crippen LogP contribution in [0.25, 0.3) is 22.0 Å². The predicted octanol–water partition coefficient (Wildman–Crippen LogP) is 3.46. The summed E-state index contributed by atoms with van der Waals surface area (Å²) in [6, 6.07) is 15.2. The first-order valence-electron chi connectivity index (χ1n) is 7.04. The molecule has 1 amide bonds. The van der Waals surface area contributed by atoms with Crippen LogP contribution in [0.15, 0.2) is 53.3 Å². The van der Waals surface area contributed by atoms with Gasteiger partial charge in [-0.3, -0.25) is 9.59 Å². The van der Waals surface area contributed by atoms with Crippen molar-refractivity contribution in [3.8, 4) is 11.1 Å². The molecule has 3 aromatic rings. The van der Waals surface area contributed by atoms with E-state index in [0.717, 1.165) is 33.3 Å². The van der Waals surface area contributed by atoms with Crippen LogP contribution in [0, 0.1) is 6.92 Å². The first-order valence-corrected chi connectivity index (χ1v) is 7.04. The fraction of sp³-hybridized carbons (Fsp3) is 0.111. The lowest BCUT2D eigenvalue weighted by molar-refractivity contribution is -0.114. The Labute approximate surface area is 127 Å². The summed E-state index contributed by atoms with van der Waals surface area (Å²) in [6.07, 6.45) is 0. The molecule has 4 nitrogen and oxygen atoms in total. The number of hydrogen-bond donors (Lipinski definition) is 2. The summed E-state index contributed by atoms with van der Waals surface area (Å²) in [5, 5.41) is 3.78. The molecule has 0 bridgehead atoms. The molecule has 0 saturated heterocycles. The Hall–Kier alpha value is -2.88. The van der Waals surface area contributed by atoms with Crippen LogP contribution in [0.1, 0.15) is 12.5 Å². The Kier molecular flexibility index (Phi) is 3.51. The van der Waals surface area contributed by atoms with Crippen LogP contribution in [0.5, 0.6) is 0 Å². The predicted molar refractivity (Wildman–Crippen MR) is 89.0 cm³/mol. The fourth-order valence-corrected chi connectivity index (χ4v) is 2.55. The largest absolute Gasteiger partial charge is 0.326 e. The number of H-pyrrole nitrogens is 1. The number of carbonyl (C=O) groups excluding carboxylic acids is 1. The number of amides is 1. The summed E-state index contributed by atoms with van der Waals surface area (Å²) >= 11 is 0. The van der Waals surface area contributed by atoms with Crippen molar-refractivity contribution in [3.05, 3.63) is 64.4 Å². The summed E-state index contributed by atoms with van der Waals surface area (Å²) in [7, 11) is 0. The minimum atomic E-state index is -0.0857. The van der Waals surface area contributed by atoms with Gasteiger partial charge in [-0.2, -0.15) is 0 Å². The number of rotatable bonds is 2. The van der Waals surface area contributed by atoms with E-state index in [0.29, 0.717) is 0 Å². The Morgan fingerprint density at radius 3 is 2.36 bits per heavy atom. The number of aromatic amines is 1. The summed E-state index contributed by atoms with van der Waals surface area (Å²) in [5.74, 6) is -0.0852. The van der Waals surface area contributed by atoms with E-state index in [1.807, 2.05) is 43.3 Å². The van der Waals surface area contributed by atoms with Crippen molar-refractivity contribution in [1.29, 1.82) is 0 Å². The van der Waals surface area contributed by atoms with Gasteiger partial charge in [0.1, 0.15) is 0 Å². The van der Waals surface area contributed by atoms with E-state index in [1.54, 1.807) is 6.07 Å². The molecule has 0 aliphatic heterocycles. The molecule has 2 N–H and O–H groups in total. The number of aromatic nitrogens is 1. The average molecular weight is 292 g/mol. The molecule has 0 fully saturated rings. The monoisotopic (exact) mass is 292 g/mol. The quantitative estimate of drug-likeness (QED) is 0.759. The zero-order chi connectivity index (χ0) is 15.7. The van der Waals surface area contributed by atoms with Gasteiger partial charge in [-0.15, -0.1) is 0 Å². The number of hydrogen-bond acceptors (Lipinski definition) is 2. The Morgan fingerprint density at radius 1 is 1.00 bits per heavy atom. The molecule has 0 saturated carbocycles. The van der Waals surface area contributed by atoms with E-state index >= 15 is 0 Å². The van der Waals surface area contributed by atoms with Gasteiger partial charge in [0.05, 0.1) is 0 Å². The highest BCUT2D eigenvalue weighted by Gasteiger charge is 2.04. The lowest BCUT2D eigenvalue weighted by Crippen LogP contribution is -2.05. The van der Waals surface area contributed by atoms with Crippen LogP contribution < -0.4 is 10.9 Å². The van der Waals surface area contributed by atoms with Gasteiger partial charge < -0.3 is 10.3 Å². The fourth-order valence-electron chi connectivity index (χ4n) is 2.55. The standard InChI is InChI=1S/C18H16N2O2/c1-11-9-18(22)20-17-8-5-14(10-16(11)17)13-3-6-15(7-4-13)19-12(2)21/h3-10H,1-2H3,(H,19,21)(H,20,22). The number of nitrogens with one attached hydrogen (secondary N) is 2. The zero-order valence-electron chi connectivity index (χ0n) is 12.4. The zero-order valence-corrected chi connectivity index (χ0v) is 12.4. The third-order valence-corrected chi connectivity index (χ3v) is 3.59. The minimum absolute atomic E-state index is 0.0852. The van der Waals surface area contributed by atoms with E-state index in [9.17, 15) is 9.59 Å². The normalized spacial score (nSPS) is 10.6. The van der Waals surface area contributed by atoms with Gasteiger partial charge in [-0.05, 0) is 47.9 Å². The smallest absolute Gasteiger partial charge is 0.248 e. The molecule has 0 unspecified atom stereocenters. The number of anilines is 1. The van der Waals surface area contributed by atoms with E-state index in [1.165, 1.54) is 6.92 Å². The molecule has 0 aliphatic rings. The van der Waals surface area contributed by atoms with Crippen LogP contribution in [0.2, 0.25) is 0 Å². The maximum Gasteiger partial charge on any atom is 0.248 e. The number of benzene rings is 2. The summed E-state index contributed by atoms with van der Waals surface area (Å²) < 4.78 is 0. The van der Waals surface area contributed by atoms with Crippen molar-refractivity contribution in [2.75, 3.05) is 5.32 Å². The van der Waals surface area contributed by atoms with Crippen molar-refractivity contribution >= 4 is 22.5 Å². The van der Waals surface area contributed by atoms with Crippen LogP contribution >= 0.6 is 0 Å². The molecule has 0 radical (unpaired) electrons. The summed E-state index contributed by atoms with van der Waals surface area (Å²) in [4.78, 5) is 25.4. The number of carbonyl (C=O) groups is 1. The Morgan fingerprint density at radius 2 is 1.68 bits per heavy atom. The first kappa shape index (κ1) is 14.1. The van der Waals surface area contributed by atoms with Crippen LogP contribution in [-0.4, -0.2) is 10.9 Å². The van der Waals surface area contributed by atoms with Gasteiger partial charge in [0.25, 0.3) is 0 Å². The summed E-state index contributed by atoms with van der Waals surface area (Å²) in [6.45, 7) is 3.42. The van der Waals surface area contributed by atoms with Gasteiger partial charge in [-0.1, -0.05) is 18.2 Å². The first-order chi connectivity index (χ1) is 10.5. The molecule has 0 aliphatic carbocycles. The van der Waals surface area contributed by atoms with Gasteiger partial charge in [0.2, 0.25) is 11.5 Å². The lowest BCUT2D eigenvalue weighted by atomic mass is 10.0. The Balaban J connectivity index is 2.03. The Bertz CT molecular complexity index is 909. The summed E-state index contributed by atoms with van der Waals surface area (Å²) in [5.41, 5.74) is 4.60. The highest BCUT2D eigenvalue weighted by atomic mass is 16.1. The molecule has 2 aromatic carbocycles. The highest BCUT2D eigenvalue weighted by Crippen LogP contribution is 2.25. The number of fused-ring (bicyclic) bond motifs is 1. The topological polar surface area (TPSA) is 62.0 Å². The molecule has 4 heteroatoms. The van der Waals surface area contributed by atoms with E-state index < -0.39 is 0 Å². The highest BCUT2D eigenvalue weighted by molar-refractivity contribution is 5.90. The van der Waals surface area contributed by atoms with Gasteiger partial charge in [0, 0.05) is 29.6 Å². The number of pyridine rings is 1. The maximum absolute atomic E-state index is 11.5. The molecule has 22 heavy (non-hydrogen) atoms. The molecule has 1 aromatic heterocycles. The van der Waals surface area contributed by atoms with Crippen molar-refractivity contribution in [1.82, 2.24) is 4.98 Å². The molecule has 3 rings (SSSR count). The lowest BCUT2D eigenvalue weighted by Gasteiger charge is -2.07. The molecular weight excluding hydrogens is 276 g/mol. The van der Waals surface area contributed by atoms with E-state index in [4.69, 9.17) is 0 Å². The van der Waals surface area contributed by atoms with Crippen LogP contribution in [0.3, 0.4) is 0 Å². The molecule has 110 valence electrons. The van der Waals surface area contributed by atoms with Crippen molar-refractivity contribution in [2.45, 2.75) is 13.8 Å². The molecule has 0 atom stereocenters. The third kappa shape index (κ3) is 2.76. The maximum atomic E-state index is 11.5. The third-order valence-electron chi connectivity index (χ3n) is 3.59. The van der Waals surface area contributed by atoms with Gasteiger partial charge in [-0.25, -0.2) is 0 Å². The second-order valence-corrected chi connectivity index (χ2v) is 5.34. The second-order valence-electron chi connectivity index (χ2n) is 5.34. The van der Waals surface area contributed by atoms with Gasteiger partial charge >= 0.3 is 0 Å². The van der Waals surface area contributed by atoms with Crippen molar-refractivity contribution < 1.29 is 4.79 Å². The minimum Gasteiger partial charge on any atom is -0.326 e. The van der Waals surface area contributed by atoms with Crippen LogP contribution in [-0.2, 0) is 4.79 Å². The second kappa shape index (κ2) is 5.48. The molecule has 0 spiro atoms. The molecular formula is C18H16N2O2. The molecule has 1 heterocycles. The van der Waals surface area contributed by atoms with E-state index in [-0.39, 0.29) is 11.5 Å². The van der Waals surface area contributed by atoms with E-state index in [2.05, 4.69) is 16.4 Å². The van der Waals surface area contributed by atoms with Crippen LogP contribution in [0.4, 0.5) is 5.69 Å². The van der Waals surface area contributed by atoms with Crippen molar-refractivity contribution in [3.63, 3.8) is 0 Å². The average Bonchev–Trinajstić information content (AvgIpc) is 2.47.